The van der Waals surface area contributed by atoms with Crippen molar-refractivity contribution in [1.29, 1.82) is 5.41 Å². The van der Waals surface area contributed by atoms with Crippen molar-refractivity contribution in [3.63, 3.8) is 0 Å². The lowest BCUT2D eigenvalue weighted by atomic mass is 10.2. The molecule has 1 aromatic heterocycles. The Morgan fingerprint density at radius 2 is 1.63 bits per heavy atom. The van der Waals surface area contributed by atoms with Crippen LogP contribution in [0, 0.1) is 5.41 Å². The van der Waals surface area contributed by atoms with Gasteiger partial charge in [-0.05, 0) is 29.3 Å². The zero-order valence-corrected chi connectivity index (χ0v) is 17.6. The molecule has 150 valence electrons. The van der Waals surface area contributed by atoms with Crippen LogP contribution in [0.25, 0.3) is 10.9 Å². The van der Waals surface area contributed by atoms with Gasteiger partial charge in [-0.25, -0.2) is 0 Å². The molecule has 0 aliphatic rings. The first-order chi connectivity index (χ1) is 14.6. The molecular formula is C23H19ClN4OS. The number of hydrogen-bond acceptors (Lipinski definition) is 4. The van der Waals surface area contributed by atoms with Gasteiger partial charge in [0.2, 0.25) is 11.0 Å². The highest BCUT2D eigenvalue weighted by molar-refractivity contribution is 8.13. The minimum atomic E-state index is 0.0410. The molecule has 4 aromatic rings. The van der Waals surface area contributed by atoms with Crippen molar-refractivity contribution < 1.29 is 5.11 Å². The van der Waals surface area contributed by atoms with Crippen LogP contribution in [0.4, 0.5) is 5.69 Å². The van der Waals surface area contributed by atoms with E-state index in [-0.39, 0.29) is 11.0 Å². The number of rotatable bonds is 5. The summed E-state index contributed by atoms with van der Waals surface area (Å²) < 4.78 is 1.81. The van der Waals surface area contributed by atoms with Gasteiger partial charge in [0.25, 0.3) is 0 Å². The zero-order chi connectivity index (χ0) is 20.9. The van der Waals surface area contributed by atoms with Gasteiger partial charge in [-0.1, -0.05) is 84.0 Å². The number of halogens is 1. The van der Waals surface area contributed by atoms with Gasteiger partial charge < -0.3 is 9.67 Å². The van der Waals surface area contributed by atoms with E-state index in [1.54, 1.807) is 0 Å². The molecule has 4 rings (SSSR count). The van der Waals surface area contributed by atoms with Crippen LogP contribution >= 0.6 is 23.4 Å². The van der Waals surface area contributed by atoms with Gasteiger partial charge in [0.1, 0.15) is 0 Å². The number of amidine groups is 1. The summed E-state index contributed by atoms with van der Waals surface area (Å²) in [7, 11) is 0. The van der Waals surface area contributed by atoms with Crippen LogP contribution in [-0.2, 0) is 12.3 Å². The maximum absolute atomic E-state index is 10.8. The van der Waals surface area contributed by atoms with Gasteiger partial charge in [-0.15, -0.1) is 10.2 Å². The van der Waals surface area contributed by atoms with E-state index < -0.39 is 0 Å². The molecule has 0 bridgehead atoms. The minimum absolute atomic E-state index is 0.0410. The summed E-state index contributed by atoms with van der Waals surface area (Å²) in [6.45, 7) is 0.519. The average molecular weight is 435 g/mol. The summed E-state index contributed by atoms with van der Waals surface area (Å²) >= 11 is 7.17. The highest BCUT2D eigenvalue weighted by Gasteiger charge is 2.16. The largest absolute Gasteiger partial charge is 0.493 e. The number of aromatic hydroxyl groups is 1. The molecule has 0 saturated carbocycles. The molecule has 0 unspecified atom stereocenters. The lowest BCUT2D eigenvalue weighted by molar-refractivity contribution is 0.429. The zero-order valence-electron chi connectivity index (χ0n) is 16.0. The van der Waals surface area contributed by atoms with Crippen LogP contribution < -0.4 is 0 Å². The number of azo groups is 1. The van der Waals surface area contributed by atoms with E-state index in [0.29, 0.717) is 23.0 Å². The molecule has 0 aliphatic heterocycles. The second-order valence-electron chi connectivity index (χ2n) is 6.68. The summed E-state index contributed by atoms with van der Waals surface area (Å²) in [5.74, 6) is 0.635. The van der Waals surface area contributed by atoms with Crippen LogP contribution in [0.5, 0.6) is 5.88 Å². The van der Waals surface area contributed by atoms with Crippen molar-refractivity contribution in [2.24, 2.45) is 10.2 Å². The molecule has 0 spiro atoms. The lowest BCUT2D eigenvalue weighted by Gasteiger charge is -2.06. The fourth-order valence-corrected chi connectivity index (χ4v) is 3.87. The molecule has 30 heavy (non-hydrogen) atoms. The van der Waals surface area contributed by atoms with Gasteiger partial charge in [0.15, 0.2) is 5.69 Å². The number of fused-ring (bicyclic) bond motifs is 1. The van der Waals surface area contributed by atoms with Crippen LogP contribution in [-0.4, -0.2) is 14.8 Å². The standard InChI is InChI=1S/C23H19ClN4OS/c24-18-12-10-17(11-13-18)15-30-23(25)27-26-21-19-8-4-5-9-20(19)28(22(21)29)14-16-6-2-1-3-7-16/h1-13,25,29H,14-15H2. The van der Waals surface area contributed by atoms with Crippen LogP contribution in [0.15, 0.2) is 89.1 Å². The number of hydrogen-bond donors (Lipinski definition) is 2. The highest BCUT2D eigenvalue weighted by atomic mass is 35.5. The van der Waals surface area contributed by atoms with Crippen molar-refractivity contribution in [2.45, 2.75) is 12.3 Å². The van der Waals surface area contributed by atoms with Crippen molar-refractivity contribution in [3.8, 4) is 5.88 Å². The van der Waals surface area contributed by atoms with Gasteiger partial charge >= 0.3 is 0 Å². The molecular weight excluding hydrogens is 416 g/mol. The van der Waals surface area contributed by atoms with E-state index in [0.717, 1.165) is 22.0 Å². The van der Waals surface area contributed by atoms with Crippen molar-refractivity contribution in [1.82, 2.24) is 4.57 Å². The van der Waals surface area contributed by atoms with Crippen molar-refractivity contribution in [2.75, 3.05) is 0 Å². The molecule has 3 aromatic carbocycles. The fourth-order valence-electron chi connectivity index (χ4n) is 3.15. The Morgan fingerprint density at radius 3 is 2.40 bits per heavy atom. The van der Waals surface area contributed by atoms with Gasteiger partial charge in [0.05, 0.1) is 12.1 Å². The monoisotopic (exact) mass is 434 g/mol. The summed E-state index contributed by atoms with van der Waals surface area (Å²) in [4.78, 5) is 0. The molecule has 0 atom stereocenters. The van der Waals surface area contributed by atoms with Gasteiger partial charge in [-0.3, -0.25) is 5.41 Å². The van der Waals surface area contributed by atoms with Crippen molar-refractivity contribution in [3.05, 3.63) is 95.0 Å². The van der Waals surface area contributed by atoms with E-state index in [1.807, 2.05) is 83.4 Å². The first-order valence-corrected chi connectivity index (χ1v) is 10.7. The average Bonchev–Trinajstić information content (AvgIpc) is 3.03. The number of nitrogens with one attached hydrogen (secondary N) is 1. The Morgan fingerprint density at radius 1 is 0.933 bits per heavy atom. The summed E-state index contributed by atoms with van der Waals surface area (Å²) in [6.07, 6.45) is 0. The van der Waals surface area contributed by atoms with E-state index in [9.17, 15) is 5.11 Å². The number of para-hydroxylation sites is 1. The smallest absolute Gasteiger partial charge is 0.221 e. The highest BCUT2D eigenvalue weighted by Crippen LogP contribution is 2.39. The molecule has 1 heterocycles. The first-order valence-electron chi connectivity index (χ1n) is 9.33. The van der Waals surface area contributed by atoms with Crippen molar-refractivity contribution >= 4 is 45.1 Å². The fraction of sp³-hybridized carbons (Fsp3) is 0.0870. The Bertz CT molecular complexity index is 1200. The molecule has 0 radical (unpaired) electrons. The number of benzene rings is 3. The van der Waals surface area contributed by atoms with Gasteiger partial charge in [-0.2, -0.15) is 0 Å². The molecule has 0 aliphatic carbocycles. The molecule has 7 heteroatoms. The quantitative estimate of drug-likeness (QED) is 0.201. The Hall–Kier alpha value is -3.09. The molecule has 5 nitrogen and oxygen atoms in total. The molecule has 0 saturated heterocycles. The Balaban J connectivity index is 1.55. The van der Waals surface area contributed by atoms with E-state index in [1.165, 1.54) is 11.8 Å². The normalized spacial score (nSPS) is 11.4. The SMILES string of the molecule is N=C(N=Nc1c(O)n(Cc2ccccc2)c2ccccc12)SCc1ccc(Cl)cc1. The third kappa shape index (κ3) is 4.56. The topological polar surface area (TPSA) is 73.7 Å². The van der Waals surface area contributed by atoms with E-state index in [2.05, 4.69) is 10.2 Å². The van der Waals surface area contributed by atoms with E-state index in [4.69, 9.17) is 17.0 Å². The van der Waals surface area contributed by atoms with E-state index >= 15 is 0 Å². The number of aromatic nitrogens is 1. The predicted molar refractivity (Wildman–Crippen MR) is 124 cm³/mol. The third-order valence-electron chi connectivity index (χ3n) is 4.63. The molecule has 0 amide bonds. The Kier molecular flexibility index (Phi) is 6.16. The summed E-state index contributed by atoms with van der Waals surface area (Å²) in [6, 6.07) is 25.1. The lowest BCUT2D eigenvalue weighted by Crippen LogP contribution is -1.98. The maximum Gasteiger partial charge on any atom is 0.221 e. The third-order valence-corrected chi connectivity index (χ3v) is 5.72. The van der Waals surface area contributed by atoms with Gasteiger partial charge in [0, 0.05) is 16.2 Å². The van der Waals surface area contributed by atoms with Crippen LogP contribution in [0.3, 0.4) is 0 Å². The van der Waals surface area contributed by atoms with Crippen LogP contribution in [0.2, 0.25) is 5.02 Å². The molecule has 2 N–H and O–H groups in total. The van der Waals surface area contributed by atoms with Crippen LogP contribution in [0.1, 0.15) is 11.1 Å². The second-order valence-corrected chi connectivity index (χ2v) is 8.08. The number of nitrogens with zero attached hydrogens (tertiary/aromatic N) is 3. The molecule has 0 fully saturated rings. The number of thioether (sulfide) groups is 1. The first kappa shape index (κ1) is 20.2. The second kappa shape index (κ2) is 9.15. The predicted octanol–water partition coefficient (Wildman–Crippen LogP) is 7.00. The summed E-state index contributed by atoms with van der Waals surface area (Å²) in [5, 5.41) is 28.7. The summed E-state index contributed by atoms with van der Waals surface area (Å²) in [5.41, 5.74) is 3.36. The Labute approximate surface area is 183 Å². The minimum Gasteiger partial charge on any atom is -0.493 e. The maximum atomic E-state index is 10.8.